The van der Waals surface area contributed by atoms with Crippen LogP contribution in [-0.4, -0.2) is 24.2 Å². The van der Waals surface area contributed by atoms with Crippen molar-refractivity contribution < 1.29 is 23.1 Å². The zero-order valence-electron chi connectivity index (χ0n) is 15.2. The Balaban J connectivity index is 1.75. The van der Waals surface area contributed by atoms with Crippen LogP contribution in [0.25, 0.3) is 0 Å². The Morgan fingerprint density at radius 3 is 2.63 bits per heavy atom. The topological polar surface area (TPSA) is 55.4 Å². The highest BCUT2D eigenvalue weighted by molar-refractivity contribution is 7.99. The van der Waals surface area contributed by atoms with Crippen LogP contribution in [0.3, 0.4) is 0 Å². The van der Waals surface area contributed by atoms with E-state index in [9.17, 15) is 18.4 Å². The number of aryl methyl sites for hydroxylation is 2. The van der Waals surface area contributed by atoms with Crippen molar-refractivity contribution in [3.63, 3.8) is 0 Å². The number of thioether (sulfide) groups is 1. The number of benzene rings is 2. The van der Waals surface area contributed by atoms with Gasteiger partial charge in [0.15, 0.2) is 18.2 Å². The molecule has 0 saturated heterocycles. The predicted molar refractivity (Wildman–Crippen MR) is 102 cm³/mol. The van der Waals surface area contributed by atoms with E-state index in [0.717, 1.165) is 35.4 Å². The first-order valence-corrected chi connectivity index (χ1v) is 9.51. The van der Waals surface area contributed by atoms with Crippen LogP contribution < -0.4 is 5.32 Å². The molecule has 0 aliphatic rings. The Morgan fingerprint density at radius 2 is 1.93 bits per heavy atom. The van der Waals surface area contributed by atoms with Gasteiger partial charge < -0.3 is 10.1 Å². The van der Waals surface area contributed by atoms with E-state index in [4.69, 9.17) is 4.74 Å². The number of amides is 1. The summed E-state index contributed by atoms with van der Waals surface area (Å²) in [6.45, 7) is 3.53. The van der Waals surface area contributed by atoms with Gasteiger partial charge in [-0.05, 0) is 42.7 Å². The van der Waals surface area contributed by atoms with Gasteiger partial charge in [0.25, 0.3) is 5.91 Å². The molecule has 0 aliphatic heterocycles. The van der Waals surface area contributed by atoms with E-state index in [0.29, 0.717) is 10.6 Å². The van der Waals surface area contributed by atoms with Crippen LogP contribution in [0.1, 0.15) is 24.5 Å². The summed E-state index contributed by atoms with van der Waals surface area (Å²) in [4.78, 5) is 24.3. The van der Waals surface area contributed by atoms with Crippen molar-refractivity contribution in [2.45, 2.75) is 31.6 Å². The molecular formula is C20H21F2NO3S. The number of carbonyl (C=O) groups is 2. The molecule has 0 atom stereocenters. The summed E-state index contributed by atoms with van der Waals surface area (Å²) in [5.74, 6) is -2.43. The average Bonchev–Trinajstić information content (AvgIpc) is 2.64. The summed E-state index contributed by atoms with van der Waals surface area (Å²) in [5.41, 5.74) is 2.70. The van der Waals surface area contributed by atoms with Gasteiger partial charge in [0.1, 0.15) is 0 Å². The van der Waals surface area contributed by atoms with Crippen LogP contribution in [0.2, 0.25) is 0 Å². The summed E-state index contributed by atoms with van der Waals surface area (Å²) in [7, 11) is 0. The van der Waals surface area contributed by atoms with Gasteiger partial charge in [0, 0.05) is 16.3 Å². The van der Waals surface area contributed by atoms with E-state index < -0.39 is 23.5 Å². The van der Waals surface area contributed by atoms with Gasteiger partial charge >= 0.3 is 5.97 Å². The molecule has 7 heteroatoms. The second kappa shape index (κ2) is 10.1. The van der Waals surface area contributed by atoms with Gasteiger partial charge in [-0.1, -0.05) is 25.1 Å². The molecule has 0 aromatic heterocycles. The summed E-state index contributed by atoms with van der Waals surface area (Å²) < 4.78 is 30.9. The molecule has 0 saturated carbocycles. The van der Waals surface area contributed by atoms with Crippen molar-refractivity contribution in [1.29, 1.82) is 0 Å². The maximum Gasteiger partial charge on any atom is 0.307 e. The number of anilines is 1. The highest BCUT2D eigenvalue weighted by Gasteiger charge is 2.12. The van der Waals surface area contributed by atoms with E-state index in [1.165, 1.54) is 17.8 Å². The molecular weight excluding hydrogens is 372 g/mol. The van der Waals surface area contributed by atoms with Crippen molar-refractivity contribution in [2.75, 3.05) is 17.7 Å². The smallest absolute Gasteiger partial charge is 0.307 e. The predicted octanol–water partition coefficient (Wildman–Crippen LogP) is 4.50. The normalized spacial score (nSPS) is 10.5. The van der Waals surface area contributed by atoms with Crippen LogP contribution >= 0.6 is 11.8 Å². The Kier molecular flexibility index (Phi) is 7.79. The van der Waals surface area contributed by atoms with Crippen molar-refractivity contribution in [1.82, 2.24) is 0 Å². The van der Waals surface area contributed by atoms with Crippen molar-refractivity contribution in [3.8, 4) is 0 Å². The van der Waals surface area contributed by atoms with Crippen LogP contribution in [0.15, 0.2) is 41.3 Å². The Hall–Kier alpha value is -2.41. The Labute approximate surface area is 161 Å². The summed E-state index contributed by atoms with van der Waals surface area (Å²) in [6, 6.07) is 9.31. The average molecular weight is 393 g/mol. The minimum absolute atomic E-state index is 0.0571. The third-order valence-electron chi connectivity index (χ3n) is 3.83. The zero-order chi connectivity index (χ0) is 19.8. The lowest BCUT2D eigenvalue weighted by molar-refractivity contribution is -0.146. The van der Waals surface area contributed by atoms with Gasteiger partial charge in [0.2, 0.25) is 0 Å². The van der Waals surface area contributed by atoms with E-state index in [-0.39, 0.29) is 13.0 Å². The fraction of sp³-hybridized carbons (Fsp3) is 0.300. The van der Waals surface area contributed by atoms with Crippen LogP contribution in [0, 0.1) is 18.6 Å². The lowest BCUT2D eigenvalue weighted by atomic mass is 10.1. The van der Waals surface area contributed by atoms with E-state index >= 15 is 0 Å². The molecule has 1 amide bonds. The molecule has 2 aromatic carbocycles. The van der Waals surface area contributed by atoms with Crippen LogP contribution in [0.5, 0.6) is 0 Å². The molecule has 0 spiro atoms. The molecule has 4 nitrogen and oxygen atoms in total. The number of hydrogen-bond acceptors (Lipinski definition) is 4. The first kappa shape index (κ1) is 20.9. The third kappa shape index (κ3) is 6.36. The summed E-state index contributed by atoms with van der Waals surface area (Å²) >= 11 is 1.21. The van der Waals surface area contributed by atoms with Gasteiger partial charge in [-0.2, -0.15) is 0 Å². The largest absolute Gasteiger partial charge is 0.456 e. The first-order chi connectivity index (χ1) is 12.9. The number of rotatable bonds is 8. The monoisotopic (exact) mass is 393 g/mol. The van der Waals surface area contributed by atoms with Crippen LogP contribution in [-0.2, 0) is 20.7 Å². The zero-order valence-corrected chi connectivity index (χ0v) is 16.0. The number of ether oxygens (including phenoxy) is 1. The third-order valence-corrected chi connectivity index (χ3v) is 4.83. The number of esters is 1. The lowest BCUT2D eigenvalue weighted by Gasteiger charge is -2.13. The summed E-state index contributed by atoms with van der Waals surface area (Å²) in [5, 5.41) is 2.78. The molecule has 2 aromatic rings. The van der Waals surface area contributed by atoms with Gasteiger partial charge in [-0.25, -0.2) is 8.78 Å². The van der Waals surface area contributed by atoms with E-state index in [1.807, 2.05) is 32.0 Å². The minimum Gasteiger partial charge on any atom is -0.456 e. The molecule has 27 heavy (non-hydrogen) atoms. The molecule has 0 bridgehead atoms. The van der Waals surface area contributed by atoms with Crippen molar-refractivity contribution in [2.24, 2.45) is 0 Å². The molecule has 1 N–H and O–H groups in total. The molecule has 0 radical (unpaired) electrons. The maximum atomic E-state index is 13.1. The second-order valence-electron chi connectivity index (χ2n) is 5.85. The number of carbonyl (C=O) groups excluding carboxylic acids is 2. The highest BCUT2D eigenvalue weighted by atomic mass is 32.2. The molecule has 0 aliphatic carbocycles. The Morgan fingerprint density at radius 1 is 1.15 bits per heavy atom. The van der Waals surface area contributed by atoms with Crippen molar-refractivity contribution >= 4 is 29.3 Å². The SMILES string of the molecule is CCc1cccc(C)c1NC(=O)COC(=O)CCSc1ccc(F)c(F)c1. The number of para-hydroxylation sites is 1. The van der Waals surface area contributed by atoms with Gasteiger partial charge in [0.05, 0.1) is 6.42 Å². The Bertz CT molecular complexity index is 827. The van der Waals surface area contributed by atoms with Crippen molar-refractivity contribution in [3.05, 3.63) is 59.2 Å². The van der Waals surface area contributed by atoms with Gasteiger partial charge in [-0.15, -0.1) is 11.8 Å². The number of halogens is 2. The molecule has 0 heterocycles. The first-order valence-electron chi connectivity index (χ1n) is 8.52. The fourth-order valence-corrected chi connectivity index (χ4v) is 3.27. The molecule has 0 fully saturated rings. The quantitative estimate of drug-likeness (QED) is 0.530. The minimum atomic E-state index is -0.929. The maximum absolute atomic E-state index is 13.1. The van der Waals surface area contributed by atoms with Crippen LogP contribution in [0.4, 0.5) is 14.5 Å². The highest BCUT2D eigenvalue weighted by Crippen LogP contribution is 2.22. The second-order valence-corrected chi connectivity index (χ2v) is 7.01. The molecule has 2 rings (SSSR count). The number of hydrogen-bond donors (Lipinski definition) is 1. The standard InChI is InChI=1S/C20H21F2NO3S/c1-3-14-6-4-5-13(2)20(14)23-18(24)12-26-19(25)9-10-27-15-7-8-16(21)17(22)11-15/h4-8,11H,3,9-10,12H2,1-2H3,(H,23,24). The molecule has 144 valence electrons. The van der Waals surface area contributed by atoms with Gasteiger partial charge in [-0.3, -0.25) is 9.59 Å². The number of nitrogens with one attached hydrogen (secondary N) is 1. The fourth-order valence-electron chi connectivity index (χ4n) is 2.41. The molecule has 0 unspecified atom stereocenters. The van der Waals surface area contributed by atoms with E-state index in [1.54, 1.807) is 0 Å². The summed E-state index contributed by atoms with van der Waals surface area (Å²) in [6.07, 6.45) is 0.833. The lowest BCUT2D eigenvalue weighted by Crippen LogP contribution is -2.22. The van der Waals surface area contributed by atoms with E-state index in [2.05, 4.69) is 5.32 Å².